The van der Waals surface area contributed by atoms with E-state index in [-0.39, 0.29) is 17.3 Å². The molecule has 5 nitrogen and oxygen atoms in total. The van der Waals surface area contributed by atoms with E-state index in [1.165, 1.54) is 13.0 Å². The van der Waals surface area contributed by atoms with Gasteiger partial charge in [-0.05, 0) is 32.9 Å². The van der Waals surface area contributed by atoms with Gasteiger partial charge in [-0.3, -0.25) is 0 Å². The van der Waals surface area contributed by atoms with Gasteiger partial charge in [-0.2, -0.15) is 0 Å². The standard InChI is InChI=1S/C11H16O5/c1-4-16-8(3)6-9(11(14)15)5-7(2)10(12)13/h5-6,8H,4H2,1-3H3,(H,12,13)(H,14,15). The lowest BCUT2D eigenvalue weighted by Crippen LogP contribution is -2.09. The van der Waals surface area contributed by atoms with Crippen LogP contribution in [0.4, 0.5) is 0 Å². The molecule has 0 bridgehead atoms. The Hall–Kier alpha value is -1.62. The number of hydrogen-bond acceptors (Lipinski definition) is 3. The lowest BCUT2D eigenvalue weighted by Gasteiger charge is -2.07. The van der Waals surface area contributed by atoms with Gasteiger partial charge in [0.05, 0.1) is 11.7 Å². The maximum Gasteiger partial charge on any atom is 0.335 e. The summed E-state index contributed by atoms with van der Waals surface area (Å²) in [6, 6.07) is 0. The summed E-state index contributed by atoms with van der Waals surface area (Å²) in [6.45, 7) is 5.29. The molecule has 1 unspecified atom stereocenters. The molecule has 0 heterocycles. The molecule has 0 saturated heterocycles. The third-order valence-electron chi connectivity index (χ3n) is 1.80. The number of rotatable bonds is 6. The second kappa shape index (κ2) is 6.79. The van der Waals surface area contributed by atoms with Crippen LogP contribution in [-0.2, 0) is 14.3 Å². The van der Waals surface area contributed by atoms with E-state index < -0.39 is 11.9 Å². The summed E-state index contributed by atoms with van der Waals surface area (Å²) in [4.78, 5) is 21.4. The van der Waals surface area contributed by atoms with E-state index in [1.54, 1.807) is 13.8 Å². The quantitative estimate of drug-likeness (QED) is 0.531. The van der Waals surface area contributed by atoms with Gasteiger partial charge in [0.1, 0.15) is 0 Å². The summed E-state index contributed by atoms with van der Waals surface area (Å²) in [5, 5.41) is 17.5. The van der Waals surface area contributed by atoms with Crippen LogP contribution in [0.2, 0.25) is 0 Å². The fourth-order valence-electron chi connectivity index (χ4n) is 1.04. The van der Waals surface area contributed by atoms with Crippen molar-refractivity contribution in [3.05, 3.63) is 23.3 Å². The van der Waals surface area contributed by atoms with Crippen LogP contribution in [0.25, 0.3) is 0 Å². The van der Waals surface area contributed by atoms with Crippen molar-refractivity contribution in [3.63, 3.8) is 0 Å². The number of hydrogen-bond donors (Lipinski definition) is 2. The van der Waals surface area contributed by atoms with Crippen LogP contribution >= 0.6 is 0 Å². The fraction of sp³-hybridized carbons (Fsp3) is 0.455. The first-order valence-electron chi connectivity index (χ1n) is 4.86. The second-order valence-corrected chi connectivity index (χ2v) is 3.22. The van der Waals surface area contributed by atoms with Gasteiger partial charge in [-0.25, -0.2) is 9.59 Å². The van der Waals surface area contributed by atoms with E-state index in [0.29, 0.717) is 6.61 Å². The molecule has 1 atom stereocenters. The molecule has 0 fully saturated rings. The Morgan fingerprint density at radius 2 is 1.88 bits per heavy atom. The Labute approximate surface area is 94.0 Å². The van der Waals surface area contributed by atoms with Gasteiger partial charge in [0.25, 0.3) is 0 Å². The molecule has 0 spiro atoms. The number of carbonyl (C=O) groups is 2. The average Bonchev–Trinajstić information content (AvgIpc) is 2.16. The zero-order valence-electron chi connectivity index (χ0n) is 9.56. The summed E-state index contributed by atoms with van der Waals surface area (Å²) in [6.07, 6.45) is 2.12. The summed E-state index contributed by atoms with van der Waals surface area (Å²) >= 11 is 0. The molecule has 0 amide bonds. The van der Waals surface area contributed by atoms with E-state index in [2.05, 4.69) is 0 Å². The van der Waals surface area contributed by atoms with Gasteiger partial charge in [-0.15, -0.1) is 0 Å². The Morgan fingerprint density at radius 3 is 2.25 bits per heavy atom. The van der Waals surface area contributed by atoms with Crippen LogP contribution in [0.3, 0.4) is 0 Å². The van der Waals surface area contributed by atoms with E-state index in [9.17, 15) is 9.59 Å². The monoisotopic (exact) mass is 228 g/mol. The predicted octanol–water partition coefficient (Wildman–Crippen LogP) is 1.45. The van der Waals surface area contributed by atoms with E-state index >= 15 is 0 Å². The number of carboxylic acids is 2. The Balaban J connectivity index is 4.95. The fourth-order valence-corrected chi connectivity index (χ4v) is 1.04. The zero-order valence-corrected chi connectivity index (χ0v) is 9.56. The smallest absolute Gasteiger partial charge is 0.335 e. The van der Waals surface area contributed by atoms with E-state index in [0.717, 1.165) is 6.08 Å². The SMILES string of the molecule is CCOC(C)C=C(C=C(C)C(=O)O)C(=O)O. The maximum atomic E-state index is 10.8. The zero-order chi connectivity index (χ0) is 12.7. The van der Waals surface area contributed by atoms with Crippen LogP contribution in [0.5, 0.6) is 0 Å². The summed E-state index contributed by atoms with van der Waals surface area (Å²) < 4.78 is 5.15. The molecule has 90 valence electrons. The van der Waals surface area contributed by atoms with Gasteiger partial charge < -0.3 is 14.9 Å². The topological polar surface area (TPSA) is 83.8 Å². The average molecular weight is 228 g/mol. The molecule has 5 heteroatoms. The highest BCUT2D eigenvalue weighted by atomic mass is 16.5. The van der Waals surface area contributed by atoms with Crippen LogP contribution in [-0.4, -0.2) is 34.9 Å². The van der Waals surface area contributed by atoms with Gasteiger partial charge in [0, 0.05) is 12.2 Å². The van der Waals surface area contributed by atoms with Gasteiger partial charge in [-0.1, -0.05) is 0 Å². The first kappa shape index (κ1) is 14.4. The lowest BCUT2D eigenvalue weighted by atomic mass is 10.1. The minimum Gasteiger partial charge on any atom is -0.478 e. The van der Waals surface area contributed by atoms with Gasteiger partial charge >= 0.3 is 11.9 Å². The number of aliphatic carboxylic acids is 2. The third-order valence-corrected chi connectivity index (χ3v) is 1.80. The molecule has 0 radical (unpaired) electrons. The second-order valence-electron chi connectivity index (χ2n) is 3.22. The first-order valence-corrected chi connectivity index (χ1v) is 4.86. The van der Waals surface area contributed by atoms with Crippen molar-refractivity contribution in [2.45, 2.75) is 26.9 Å². The highest BCUT2D eigenvalue weighted by Gasteiger charge is 2.09. The minimum absolute atomic E-state index is 0.0302. The molecule has 2 N–H and O–H groups in total. The van der Waals surface area contributed by atoms with Crippen molar-refractivity contribution < 1.29 is 24.5 Å². The number of carboxylic acid groups (broad SMARTS) is 2. The molecule has 16 heavy (non-hydrogen) atoms. The van der Waals surface area contributed by atoms with Crippen molar-refractivity contribution in [3.8, 4) is 0 Å². The van der Waals surface area contributed by atoms with E-state index in [1.807, 2.05) is 0 Å². The lowest BCUT2D eigenvalue weighted by molar-refractivity contribution is -0.132. The van der Waals surface area contributed by atoms with Crippen molar-refractivity contribution in [1.29, 1.82) is 0 Å². The van der Waals surface area contributed by atoms with Crippen LogP contribution in [0.15, 0.2) is 23.3 Å². The molecular weight excluding hydrogens is 212 g/mol. The number of ether oxygens (including phenoxy) is 1. The van der Waals surface area contributed by atoms with Crippen LogP contribution in [0.1, 0.15) is 20.8 Å². The highest BCUT2D eigenvalue weighted by molar-refractivity contribution is 5.94. The van der Waals surface area contributed by atoms with Crippen LogP contribution in [0, 0.1) is 0 Å². The predicted molar refractivity (Wildman–Crippen MR) is 58.2 cm³/mol. The molecule has 0 aromatic carbocycles. The molecule has 0 saturated carbocycles. The van der Waals surface area contributed by atoms with Crippen molar-refractivity contribution in [1.82, 2.24) is 0 Å². The first-order chi connectivity index (χ1) is 7.38. The summed E-state index contributed by atoms with van der Waals surface area (Å²) in [5.41, 5.74) is -0.113. The van der Waals surface area contributed by atoms with E-state index in [4.69, 9.17) is 14.9 Å². The van der Waals surface area contributed by atoms with Crippen molar-refractivity contribution in [2.24, 2.45) is 0 Å². The Bertz CT molecular complexity index is 327. The Morgan fingerprint density at radius 1 is 1.31 bits per heavy atom. The largest absolute Gasteiger partial charge is 0.478 e. The third kappa shape index (κ3) is 5.31. The van der Waals surface area contributed by atoms with Crippen molar-refractivity contribution in [2.75, 3.05) is 6.61 Å². The molecule has 0 aliphatic heterocycles. The van der Waals surface area contributed by atoms with Gasteiger partial charge in [0.15, 0.2) is 0 Å². The molecule has 0 aromatic rings. The highest BCUT2D eigenvalue weighted by Crippen LogP contribution is 2.06. The van der Waals surface area contributed by atoms with Crippen molar-refractivity contribution >= 4 is 11.9 Å². The molecule has 0 rings (SSSR count). The molecule has 0 aromatic heterocycles. The summed E-state index contributed by atoms with van der Waals surface area (Å²) in [7, 11) is 0. The maximum absolute atomic E-state index is 10.8. The summed E-state index contributed by atoms with van der Waals surface area (Å²) in [5.74, 6) is -2.32. The minimum atomic E-state index is -1.17. The molecule has 0 aliphatic carbocycles. The Kier molecular flexibility index (Phi) is 6.10. The molecule has 0 aliphatic rings. The normalized spacial score (nSPS) is 14.7. The van der Waals surface area contributed by atoms with Crippen LogP contribution < -0.4 is 0 Å². The molecular formula is C11H16O5. The van der Waals surface area contributed by atoms with Gasteiger partial charge in [0.2, 0.25) is 0 Å².